The minimum Gasteiger partial charge on any atom is -0.497 e. The molecule has 0 saturated heterocycles. The number of rotatable bonds is 8. The van der Waals surface area contributed by atoms with Gasteiger partial charge in [0.1, 0.15) is 12.1 Å². The Kier molecular flexibility index (Phi) is 6.87. The number of hydrogen-bond donors (Lipinski definition) is 1. The molecule has 0 saturated carbocycles. The van der Waals surface area contributed by atoms with Crippen LogP contribution in [-0.4, -0.2) is 33.5 Å². The number of aromatic nitrogens is 3. The predicted molar refractivity (Wildman–Crippen MR) is 127 cm³/mol. The molecule has 7 heteroatoms. The first-order valence-corrected chi connectivity index (χ1v) is 11.2. The fraction of sp³-hybridized carbons (Fsp3) is 0.160. The third-order valence-electron chi connectivity index (χ3n) is 5.08. The fourth-order valence-electron chi connectivity index (χ4n) is 3.35. The number of carbonyl (C=O) groups excluding carboxylic acids is 1. The smallest absolute Gasteiger partial charge is 0.230 e. The van der Waals surface area contributed by atoms with Gasteiger partial charge in [-0.05, 0) is 35.7 Å². The molecular formula is C25H24N4O2S. The standard InChI is InChI=1S/C25H24N4O2S/c1-18(19-11-13-21(14-12-19)20-7-4-3-5-8-20)27-24(30)16-32-25-28-26-17-29(25)22-9-6-10-23(15-22)31-2/h3-15,17-18H,16H2,1-2H3,(H,27,30). The highest BCUT2D eigenvalue weighted by molar-refractivity contribution is 7.99. The van der Waals surface area contributed by atoms with Crippen LogP contribution in [0.5, 0.6) is 5.75 Å². The van der Waals surface area contributed by atoms with E-state index in [-0.39, 0.29) is 17.7 Å². The van der Waals surface area contributed by atoms with Gasteiger partial charge in [-0.15, -0.1) is 10.2 Å². The van der Waals surface area contributed by atoms with Gasteiger partial charge in [0.15, 0.2) is 5.16 Å². The molecule has 4 aromatic rings. The number of amides is 1. The highest BCUT2D eigenvalue weighted by Crippen LogP contribution is 2.24. The normalized spacial score (nSPS) is 11.7. The van der Waals surface area contributed by atoms with Gasteiger partial charge in [0.2, 0.25) is 5.91 Å². The van der Waals surface area contributed by atoms with Crippen molar-refractivity contribution in [1.82, 2.24) is 20.1 Å². The van der Waals surface area contributed by atoms with Gasteiger partial charge in [-0.1, -0.05) is 72.4 Å². The van der Waals surface area contributed by atoms with Gasteiger partial charge >= 0.3 is 0 Å². The van der Waals surface area contributed by atoms with Crippen molar-refractivity contribution < 1.29 is 9.53 Å². The van der Waals surface area contributed by atoms with E-state index in [4.69, 9.17) is 4.74 Å². The topological polar surface area (TPSA) is 69.0 Å². The first-order valence-electron chi connectivity index (χ1n) is 10.3. The number of ether oxygens (including phenoxy) is 1. The first kappa shape index (κ1) is 21.6. The van der Waals surface area contributed by atoms with Crippen LogP contribution in [-0.2, 0) is 4.79 Å². The van der Waals surface area contributed by atoms with E-state index in [0.29, 0.717) is 5.16 Å². The minimum atomic E-state index is -0.0934. The Morgan fingerprint density at radius 1 is 1.03 bits per heavy atom. The molecule has 3 aromatic carbocycles. The highest BCUT2D eigenvalue weighted by Gasteiger charge is 2.13. The maximum Gasteiger partial charge on any atom is 0.230 e. The molecule has 0 bridgehead atoms. The van der Waals surface area contributed by atoms with Crippen LogP contribution in [0.4, 0.5) is 0 Å². The van der Waals surface area contributed by atoms with E-state index in [2.05, 4.69) is 51.9 Å². The molecule has 1 heterocycles. The Hall–Kier alpha value is -3.58. The average molecular weight is 445 g/mol. The molecule has 32 heavy (non-hydrogen) atoms. The molecule has 1 N–H and O–H groups in total. The van der Waals surface area contributed by atoms with Gasteiger partial charge in [0, 0.05) is 6.07 Å². The van der Waals surface area contributed by atoms with Crippen molar-refractivity contribution in [3.05, 3.63) is 90.8 Å². The molecule has 1 unspecified atom stereocenters. The van der Waals surface area contributed by atoms with Crippen LogP contribution >= 0.6 is 11.8 Å². The molecular weight excluding hydrogens is 420 g/mol. The second-order valence-electron chi connectivity index (χ2n) is 7.25. The Balaban J connectivity index is 1.35. The van der Waals surface area contributed by atoms with E-state index in [9.17, 15) is 4.79 Å². The van der Waals surface area contributed by atoms with E-state index in [1.165, 1.54) is 17.3 Å². The van der Waals surface area contributed by atoms with E-state index in [1.54, 1.807) is 13.4 Å². The lowest BCUT2D eigenvalue weighted by Crippen LogP contribution is -2.28. The molecule has 0 fully saturated rings. The zero-order valence-electron chi connectivity index (χ0n) is 17.9. The van der Waals surface area contributed by atoms with E-state index >= 15 is 0 Å². The number of thioether (sulfide) groups is 1. The van der Waals surface area contributed by atoms with E-state index in [0.717, 1.165) is 22.6 Å². The number of methoxy groups -OCH3 is 1. The van der Waals surface area contributed by atoms with Crippen LogP contribution in [0.25, 0.3) is 16.8 Å². The predicted octanol–water partition coefficient (Wildman–Crippen LogP) is 4.91. The second-order valence-corrected chi connectivity index (χ2v) is 8.19. The lowest BCUT2D eigenvalue weighted by Gasteiger charge is -2.15. The summed E-state index contributed by atoms with van der Waals surface area (Å²) in [5, 5.41) is 11.8. The number of hydrogen-bond acceptors (Lipinski definition) is 5. The maximum absolute atomic E-state index is 12.5. The first-order chi connectivity index (χ1) is 15.6. The zero-order chi connectivity index (χ0) is 22.3. The van der Waals surface area contributed by atoms with E-state index < -0.39 is 0 Å². The lowest BCUT2D eigenvalue weighted by atomic mass is 10.0. The quantitative estimate of drug-likeness (QED) is 0.391. The summed E-state index contributed by atoms with van der Waals surface area (Å²) < 4.78 is 7.12. The summed E-state index contributed by atoms with van der Waals surface area (Å²) in [5.41, 5.74) is 4.26. The molecule has 4 rings (SSSR count). The Bertz CT molecular complexity index is 1180. The van der Waals surface area contributed by atoms with Crippen molar-refractivity contribution in [3.63, 3.8) is 0 Å². The molecule has 0 aliphatic heterocycles. The lowest BCUT2D eigenvalue weighted by molar-refractivity contribution is -0.119. The number of nitrogens with one attached hydrogen (secondary N) is 1. The zero-order valence-corrected chi connectivity index (χ0v) is 18.8. The fourth-order valence-corrected chi connectivity index (χ4v) is 4.09. The maximum atomic E-state index is 12.5. The molecule has 1 atom stereocenters. The van der Waals surface area contributed by atoms with Gasteiger partial charge in [0.25, 0.3) is 0 Å². The number of carbonyl (C=O) groups is 1. The summed E-state index contributed by atoms with van der Waals surface area (Å²) in [7, 11) is 1.63. The van der Waals surface area contributed by atoms with Crippen molar-refractivity contribution in [3.8, 4) is 22.6 Å². The summed E-state index contributed by atoms with van der Waals surface area (Å²) in [5.74, 6) is 0.932. The summed E-state index contributed by atoms with van der Waals surface area (Å²) in [6, 6.07) is 26.0. The van der Waals surface area contributed by atoms with Crippen molar-refractivity contribution >= 4 is 17.7 Å². The summed E-state index contributed by atoms with van der Waals surface area (Å²) in [6.07, 6.45) is 1.63. The second kappa shape index (κ2) is 10.2. The molecule has 0 spiro atoms. The molecule has 0 radical (unpaired) electrons. The molecule has 1 amide bonds. The average Bonchev–Trinajstić information content (AvgIpc) is 3.32. The van der Waals surface area contributed by atoms with Gasteiger partial charge in [-0.25, -0.2) is 0 Å². The molecule has 6 nitrogen and oxygen atoms in total. The Morgan fingerprint density at radius 3 is 2.53 bits per heavy atom. The minimum absolute atomic E-state index is 0.0603. The molecule has 0 aliphatic rings. The van der Waals surface area contributed by atoms with Crippen molar-refractivity contribution in [2.24, 2.45) is 0 Å². The van der Waals surface area contributed by atoms with Gasteiger partial charge < -0.3 is 10.1 Å². The van der Waals surface area contributed by atoms with Gasteiger partial charge in [-0.3, -0.25) is 9.36 Å². The number of benzene rings is 3. The molecule has 162 valence electrons. The third kappa shape index (κ3) is 5.18. The van der Waals surface area contributed by atoms with Crippen molar-refractivity contribution in [2.45, 2.75) is 18.1 Å². The van der Waals surface area contributed by atoms with Crippen LogP contribution in [0.1, 0.15) is 18.5 Å². The number of nitrogens with zero attached hydrogens (tertiary/aromatic N) is 3. The van der Waals surface area contributed by atoms with Crippen LogP contribution in [0.3, 0.4) is 0 Å². The Morgan fingerprint density at radius 2 is 1.78 bits per heavy atom. The van der Waals surface area contributed by atoms with Crippen molar-refractivity contribution in [1.29, 1.82) is 0 Å². The van der Waals surface area contributed by atoms with E-state index in [1.807, 2.05) is 54.0 Å². The van der Waals surface area contributed by atoms with Crippen LogP contribution < -0.4 is 10.1 Å². The molecule has 1 aromatic heterocycles. The SMILES string of the molecule is COc1cccc(-n2cnnc2SCC(=O)NC(C)c2ccc(-c3ccccc3)cc2)c1. The van der Waals surface area contributed by atoms with Crippen LogP contribution in [0.15, 0.2) is 90.3 Å². The monoisotopic (exact) mass is 444 g/mol. The van der Waals surface area contributed by atoms with Gasteiger partial charge in [-0.2, -0.15) is 0 Å². The largest absolute Gasteiger partial charge is 0.497 e. The van der Waals surface area contributed by atoms with Gasteiger partial charge in [0.05, 0.1) is 24.6 Å². The van der Waals surface area contributed by atoms with Crippen LogP contribution in [0, 0.1) is 0 Å². The third-order valence-corrected chi connectivity index (χ3v) is 6.02. The summed E-state index contributed by atoms with van der Waals surface area (Å²) in [4.78, 5) is 12.5. The summed E-state index contributed by atoms with van der Waals surface area (Å²) >= 11 is 1.34. The van der Waals surface area contributed by atoms with Crippen LogP contribution in [0.2, 0.25) is 0 Å². The summed E-state index contributed by atoms with van der Waals surface area (Å²) in [6.45, 7) is 1.98. The highest BCUT2D eigenvalue weighted by atomic mass is 32.2. The Labute approximate surface area is 191 Å². The molecule has 0 aliphatic carbocycles. The van der Waals surface area contributed by atoms with Crippen molar-refractivity contribution in [2.75, 3.05) is 12.9 Å².